The van der Waals surface area contributed by atoms with Crippen LogP contribution in [0.4, 0.5) is 0 Å². The van der Waals surface area contributed by atoms with E-state index in [1.165, 1.54) is 0 Å². The predicted octanol–water partition coefficient (Wildman–Crippen LogP) is 4.26. The third-order valence-corrected chi connectivity index (χ3v) is 3.86. The molecule has 0 aliphatic carbocycles. The maximum atomic E-state index is 12.5. The molecule has 5 nitrogen and oxygen atoms in total. The Morgan fingerprint density at radius 3 is 2.54 bits per heavy atom. The summed E-state index contributed by atoms with van der Waals surface area (Å²) in [6, 6.07) is 12.1. The normalized spacial score (nSPS) is 14.8. The monoisotopic (exact) mass is 352 g/mol. The SMILES string of the molecule is COc1cccc(C=C2Oc3cc(OC(=O)C(C)(C)C)ccc3C2=O)c1. The number of ketones is 1. The summed E-state index contributed by atoms with van der Waals surface area (Å²) in [5.74, 6) is 1.07. The van der Waals surface area contributed by atoms with Crippen LogP contribution in [-0.4, -0.2) is 18.9 Å². The van der Waals surface area contributed by atoms with Crippen LogP contribution in [0.2, 0.25) is 0 Å². The van der Waals surface area contributed by atoms with Gasteiger partial charge in [0, 0.05) is 6.07 Å². The van der Waals surface area contributed by atoms with E-state index < -0.39 is 5.41 Å². The Labute approximate surface area is 152 Å². The fourth-order valence-corrected chi connectivity index (χ4v) is 2.37. The summed E-state index contributed by atoms with van der Waals surface area (Å²) in [4.78, 5) is 24.5. The molecule has 0 aromatic heterocycles. The van der Waals surface area contributed by atoms with Crippen molar-refractivity contribution in [2.24, 2.45) is 5.41 Å². The molecule has 1 aliphatic rings. The Bertz CT molecular complexity index is 903. The van der Waals surface area contributed by atoms with Crippen molar-refractivity contribution in [1.82, 2.24) is 0 Å². The number of fused-ring (bicyclic) bond motifs is 1. The third kappa shape index (κ3) is 3.61. The van der Waals surface area contributed by atoms with Crippen LogP contribution < -0.4 is 14.2 Å². The lowest BCUT2D eigenvalue weighted by molar-refractivity contribution is -0.143. The lowest BCUT2D eigenvalue weighted by atomic mass is 9.97. The zero-order valence-electron chi connectivity index (χ0n) is 15.2. The number of Topliss-reactive ketones (excluding diaryl/α,β-unsaturated/α-hetero) is 1. The van der Waals surface area contributed by atoms with E-state index in [-0.39, 0.29) is 17.5 Å². The molecule has 0 saturated heterocycles. The van der Waals surface area contributed by atoms with Gasteiger partial charge in [0.1, 0.15) is 17.2 Å². The molecule has 2 aromatic carbocycles. The Hall–Kier alpha value is -3.08. The largest absolute Gasteiger partial charge is 0.497 e. The predicted molar refractivity (Wildman–Crippen MR) is 97.5 cm³/mol. The molecular formula is C21H20O5. The van der Waals surface area contributed by atoms with Crippen molar-refractivity contribution in [2.45, 2.75) is 20.8 Å². The standard InChI is InChI=1S/C21H20O5/c1-21(2,3)20(23)25-15-8-9-16-17(12-15)26-18(19(16)22)11-13-6-5-7-14(10-13)24-4/h5-12H,1-4H3. The molecule has 1 heterocycles. The van der Waals surface area contributed by atoms with Gasteiger partial charge in [-0.2, -0.15) is 0 Å². The number of hydrogen-bond acceptors (Lipinski definition) is 5. The van der Waals surface area contributed by atoms with Crippen LogP contribution in [0.1, 0.15) is 36.7 Å². The smallest absolute Gasteiger partial charge is 0.316 e. The zero-order valence-corrected chi connectivity index (χ0v) is 15.2. The molecule has 0 atom stereocenters. The maximum Gasteiger partial charge on any atom is 0.316 e. The van der Waals surface area contributed by atoms with E-state index >= 15 is 0 Å². The van der Waals surface area contributed by atoms with Gasteiger partial charge in [-0.1, -0.05) is 12.1 Å². The molecule has 5 heteroatoms. The highest BCUT2D eigenvalue weighted by Gasteiger charge is 2.29. The molecule has 2 aromatic rings. The molecule has 0 fully saturated rings. The third-order valence-electron chi connectivity index (χ3n) is 3.86. The number of benzene rings is 2. The topological polar surface area (TPSA) is 61.8 Å². The Balaban J connectivity index is 1.84. The van der Waals surface area contributed by atoms with E-state index in [0.29, 0.717) is 22.8 Å². The van der Waals surface area contributed by atoms with Crippen LogP contribution in [0.3, 0.4) is 0 Å². The van der Waals surface area contributed by atoms with Gasteiger partial charge in [-0.15, -0.1) is 0 Å². The number of esters is 1. The lowest BCUT2D eigenvalue weighted by Crippen LogP contribution is -2.25. The van der Waals surface area contributed by atoms with Gasteiger partial charge < -0.3 is 14.2 Å². The first-order valence-electron chi connectivity index (χ1n) is 8.22. The van der Waals surface area contributed by atoms with Gasteiger partial charge in [0.05, 0.1) is 18.1 Å². The second-order valence-electron chi connectivity index (χ2n) is 7.01. The summed E-state index contributed by atoms with van der Waals surface area (Å²) in [6.45, 7) is 5.33. The van der Waals surface area contributed by atoms with Crippen molar-refractivity contribution >= 4 is 17.8 Å². The summed E-state index contributed by atoms with van der Waals surface area (Å²) in [5.41, 5.74) is 0.613. The van der Waals surface area contributed by atoms with E-state index in [4.69, 9.17) is 14.2 Å². The van der Waals surface area contributed by atoms with Gasteiger partial charge >= 0.3 is 5.97 Å². The van der Waals surface area contributed by atoms with Crippen LogP contribution >= 0.6 is 0 Å². The average molecular weight is 352 g/mol. The highest BCUT2D eigenvalue weighted by molar-refractivity contribution is 6.14. The lowest BCUT2D eigenvalue weighted by Gasteiger charge is -2.16. The first kappa shape index (κ1) is 17.7. The van der Waals surface area contributed by atoms with Crippen molar-refractivity contribution in [1.29, 1.82) is 0 Å². The fourth-order valence-electron chi connectivity index (χ4n) is 2.37. The van der Waals surface area contributed by atoms with Crippen molar-refractivity contribution in [3.63, 3.8) is 0 Å². The van der Waals surface area contributed by atoms with E-state index in [1.54, 1.807) is 52.2 Å². The number of rotatable bonds is 3. The van der Waals surface area contributed by atoms with Crippen molar-refractivity contribution in [3.8, 4) is 17.2 Å². The van der Waals surface area contributed by atoms with Gasteiger partial charge in [0.2, 0.25) is 5.78 Å². The van der Waals surface area contributed by atoms with Crippen LogP contribution in [0.15, 0.2) is 48.2 Å². The first-order chi connectivity index (χ1) is 12.3. The van der Waals surface area contributed by atoms with E-state index in [2.05, 4.69) is 0 Å². The number of allylic oxidation sites excluding steroid dienone is 1. The van der Waals surface area contributed by atoms with Gasteiger partial charge in [-0.3, -0.25) is 9.59 Å². The minimum absolute atomic E-state index is 0.212. The van der Waals surface area contributed by atoms with Crippen molar-refractivity contribution in [3.05, 3.63) is 59.4 Å². The molecule has 0 bridgehead atoms. The van der Waals surface area contributed by atoms with Crippen LogP contribution in [-0.2, 0) is 4.79 Å². The molecule has 0 N–H and O–H groups in total. The molecule has 0 spiro atoms. The number of ether oxygens (including phenoxy) is 3. The van der Waals surface area contributed by atoms with Gasteiger partial charge in [-0.05, 0) is 56.7 Å². The quantitative estimate of drug-likeness (QED) is 0.469. The molecule has 1 aliphatic heterocycles. The van der Waals surface area contributed by atoms with Gasteiger partial charge in [0.25, 0.3) is 0 Å². The Morgan fingerprint density at radius 2 is 1.85 bits per heavy atom. The highest BCUT2D eigenvalue weighted by Crippen LogP contribution is 2.35. The highest BCUT2D eigenvalue weighted by atomic mass is 16.5. The second kappa shape index (κ2) is 6.67. The Kier molecular flexibility index (Phi) is 4.55. The second-order valence-corrected chi connectivity index (χ2v) is 7.01. The molecule has 26 heavy (non-hydrogen) atoms. The van der Waals surface area contributed by atoms with Crippen LogP contribution in [0.5, 0.6) is 17.2 Å². The molecular weight excluding hydrogens is 332 g/mol. The summed E-state index contributed by atoms with van der Waals surface area (Å²) >= 11 is 0. The molecule has 0 radical (unpaired) electrons. The van der Waals surface area contributed by atoms with Crippen LogP contribution in [0, 0.1) is 5.41 Å². The number of carbonyl (C=O) groups excluding carboxylic acids is 2. The average Bonchev–Trinajstić information content (AvgIpc) is 2.89. The van der Waals surface area contributed by atoms with E-state index in [1.807, 2.05) is 24.3 Å². The minimum atomic E-state index is -0.618. The van der Waals surface area contributed by atoms with Crippen molar-refractivity contribution < 1.29 is 23.8 Å². The Morgan fingerprint density at radius 1 is 1.08 bits per heavy atom. The van der Waals surface area contributed by atoms with Gasteiger partial charge in [0.15, 0.2) is 5.76 Å². The summed E-state index contributed by atoms with van der Waals surface area (Å²) in [5, 5.41) is 0. The van der Waals surface area contributed by atoms with E-state index in [0.717, 1.165) is 5.56 Å². The summed E-state index contributed by atoms with van der Waals surface area (Å²) in [7, 11) is 1.58. The molecule has 134 valence electrons. The van der Waals surface area contributed by atoms with Gasteiger partial charge in [-0.25, -0.2) is 0 Å². The first-order valence-corrected chi connectivity index (χ1v) is 8.22. The van der Waals surface area contributed by atoms with Crippen LogP contribution in [0.25, 0.3) is 6.08 Å². The molecule has 0 saturated carbocycles. The maximum absolute atomic E-state index is 12.5. The van der Waals surface area contributed by atoms with E-state index in [9.17, 15) is 9.59 Å². The number of methoxy groups -OCH3 is 1. The number of hydrogen-bond donors (Lipinski definition) is 0. The summed E-state index contributed by atoms with van der Waals surface area (Å²) in [6.07, 6.45) is 1.66. The summed E-state index contributed by atoms with van der Waals surface area (Å²) < 4.78 is 16.2. The fraction of sp³-hybridized carbons (Fsp3) is 0.238. The zero-order chi connectivity index (χ0) is 18.9. The molecule has 0 unspecified atom stereocenters. The number of carbonyl (C=O) groups is 2. The molecule has 0 amide bonds. The molecule has 3 rings (SSSR count). The van der Waals surface area contributed by atoms with Crippen molar-refractivity contribution in [2.75, 3.05) is 7.11 Å². The minimum Gasteiger partial charge on any atom is -0.497 e.